The van der Waals surface area contributed by atoms with Crippen LogP contribution in [0.5, 0.6) is 0 Å². The fourth-order valence-electron chi connectivity index (χ4n) is 1.50. The van der Waals surface area contributed by atoms with Crippen LogP contribution < -0.4 is 11.1 Å². The Bertz CT molecular complexity index is 338. The van der Waals surface area contributed by atoms with Gasteiger partial charge in [-0.05, 0) is 25.5 Å². The zero-order valence-electron chi connectivity index (χ0n) is 10.6. The molecule has 0 saturated heterocycles. The van der Waals surface area contributed by atoms with Gasteiger partial charge in [-0.1, -0.05) is 13.0 Å². The lowest BCUT2D eigenvalue weighted by molar-refractivity contribution is -0.124. The van der Waals surface area contributed by atoms with Gasteiger partial charge in [0.1, 0.15) is 0 Å². The lowest BCUT2D eigenvalue weighted by Gasteiger charge is -2.24. The Balaban J connectivity index is 2.55. The zero-order chi connectivity index (χ0) is 12.8. The minimum atomic E-state index is -0.124. The van der Waals surface area contributed by atoms with Crippen molar-refractivity contribution in [1.29, 1.82) is 0 Å². The number of carbonyl (C=O) groups excluding carboxylic acids is 1. The number of nitrogens with one attached hydrogen (secondary N) is 1. The molecule has 0 aliphatic rings. The maximum absolute atomic E-state index is 11.7. The lowest BCUT2D eigenvalue weighted by Crippen LogP contribution is -2.38. The molecule has 0 aliphatic heterocycles. The Hall–Kier alpha value is -0.910. The smallest absolute Gasteiger partial charge is 0.224 e. The molecule has 0 bridgehead atoms. The van der Waals surface area contributed by atoms with Crippen molar-refractivity contribution in [3.05, 3.63) is 22.4 Å². The van der Waals surface area contributed by atoms with Crippen molar-refractivity contribution in [3.63, 3.8) is 0 Å². The van der Waals surface area contributed by atoms with E-state index in [9.17, 15) is 4.79 Å². The Labute approximate surface area is 107 Å². The third kappa shape index (κ3) is 4.11. The summed E-state index contributed by atoms with van der Waals surface area (Å²) in [5.41, 5.74) is 5.46. The second-order valence-corrected chi connectivity index (χ2v) is 5.36. The van der Waals surface area contributed by atoms with Crippen molar-refractivity contribution in [1.82, 2.24) is 10.2 Å². The molecule has 17 heavy (non-hydrogen) atoms. The van der Waals surface area contributed by atoms with Gasteiger partial charge in [-0.25, -0.2) is 0 Å². The van der Waals surface area contributed by atoms with Crippen LogP contribution in [-0.2, 0) is 4.79 Å². The van der Waals surface area contributed by atoms with Crippen LogP contribution in [0, 0.1) is 5.92 Å². The average Bonchev–Trinajstić information content (AvgIpc) is 2.81. The fraction of sp³-hybridized carbons (Fsp3) is 0.583. The predicted octanol–water partition coefficient (Wildman–Crippen LogP) is 1.06. The molecule has 0 spiro atoms. The highest BCUT2D eigenvalue weighted by Crippen LogP contribution is 2.22. The summed E-state index contributed by atoms with van der Waals surface area (Å²) in [6.07, 6.45) is 0. The van der Waals surface area contributed by atoms with E-state index in [1.807, 2.05) is 27.1 Å². The molecule has 3 N–H and O–H groups in total. The lowest BCUT2D eigenvalue weighted by atomic mass is 10.1. The van der Waals surface area contributed by atoms with Crippen molar-refractivity contribution in [2.24, 2.45) is 11.7 Å². The summed E-state index contributed by atoms with van der Waals surface area (Å²) >= 11 is 1.71. The van der Waals surface area contributed by atoms with Crippen LogP contribution in [0.2, 0.25) is 0 Å². The largest absolute Gasteiger partial charge is 0.354 e. The predicted molar refractivity (Wildman–Crippen MR) is 72.0 cm³/mol. The van der Waals surface area contributed by atoms with Gasteiger partial charge in [-0.2, -0.15) is 0 Å². The normalized spacial score (nSPS) is 14.6. The number of carbonyl (C=O) groups is 1. The van der Waals surface area contributed by atoms with Gasteiger partial charge in [0.25, 0.3) is 0 Å². The summed E-state index contributed by atoms with van der Waals surface area (Å²) in [6, 6.07) is 4.35. The first kappa shape index (κ1) is 14.2. The summed E-state index contributed by atoms with van der Waals surface area (Å²) in [6.45, 7) is 2.85. The van der Waals surface area contributed by atoms with Crippen molar-refractivity contribution >= 4 is 17.2 Å². The van der Waals surface area contributed by atoms with Gasteiger partial charge < -0.3 is 16.0 Å². The first-order chi connectivity index (χ1) is 8.06. The van der Waals surface area contributed by atoms with E-state index in [1.54, 1.807) is 11.3 Å². The molecule has 4 nitrogen and oxygen atoms in total. The van der Waals surface area contributed by atoms with Crippen LogP contribution in [0.4, 0.5) is 0 Å². The molecule has 5 heteroatoms. The van der Waals surface area contributed by atoms with Crippen molar-refractivity contribution in [2.45, 2.75) is 13.0 Å². The molecule has 1 aromatic heterocycles. The van der Waals surface area contributed by atoms with Gasteiger partial charge in [-0.3, -0.25) is 4.79 Å². The quantitative estimate of drug-likeness (QED) is 0.799. The molecule has 0 fully saturated rings. The summed E-state index contributed by atoms with van der Waals surface area (Å²) in [7, 11) is 4.03. The van der Waals surface area contributed by atoms with Crippen LogP contribution in [0.15, 0.2) is 17.5 Å². The molecule has 1 heterocycles. The molecule has 0 aromatic carbocycles. The summed E-state index contributed by atoms with van der Waals surface area (Å²) in [4.78, 5) is 15.0. The second kappa shape index (κ2) is 6.74. The van der Waals surface area contributed by atoms with E-state index < -0.39 is 0 Å². The summed E-state index contributed by atoms with van der Waals surface area (Å²) in [5.74, 6) is -0.0999. The third-order valence-electron chi connectivity index (χ3n) is 2.77. The SMILES string of the molecule is CC(CN)C(=O)NCC(c1cccs1)N(C)C. The van der Waals surface area contributed by atoms with Gasteiger partial charge in [0.15, 0.2) is 0 Å². The van der Waals surface area contributed by atoms with Crippen molar-refractivity contribution in [3.8, 4) is 0 Å². The fourth-order valence-corrected chi connectivity index (χ4v) is 2.42. The number of amides is 1. The van der Waals surface area contributed by atoms with Gasteiger partial charge in [0.2, 0.25) is 5.91 Å². The molecule has 1 rings (SSSR count). The maximum atomic E-state index is 11.7. The Morgan fingerprint density at radius 2 is 2.29 bits per heavy atom. The number of nitrogens with zero attached hydrogens (tertiary/aromatic N) is 1. The minimum absolute atomic E-state index is 0.0240. The number of rotatable bonds is 6. The number of thiophene rings is 1. The number of hydrogen-bond acceptors (Lipinski definition) is 4. The molecular weight excluding hydrogens is 234 g/mol. The molecule has 96 valence electrons. The Morgan fingerprint density at radius 1 is 1.59 bits per heavy atom. The number of hydrogen-bond donors (Lipinski definition) is 2. The molecule has 0 aliphatic carbocycles. The highest BCUT2D eigenvalue weighted by molar-refractivity contribution is 7.10. The molecular formula is C12H21N3OS. The van der Waals surface area contributed by atoms with Gasteiger partial charge in [-0.15, -0.1) is 11.3 Å². The van der Waals surface area contributed by atoms with Crippen molar-refractivity contribution in [2.75, 3.05) is 27.2 Å². The average molecular weight is 255 g/mol. The van der Waals surface area contributed by atoms with Gasteiger partial charge in [0.05, 0.1) is 6.04 Å². The number of likely N-dealkylation sites (N-methyl/N-ethyl adjacent to an activating group) is 1. The Morgan fingerprint density at radius 3 is 2.76 bits per heavy atom. The molecule has 0 saturated carbocycles. The highest BCUT2D eigenvalue weighted by Gasteiger charge is 2.17. The van der Waals surface area contributed by atoms with Crippen LogP contribution in [0.25, 0.3) is 0 Å². The van der Waals surface area contributed by atoms with Crippen LogP contribution in [-0.4, -0.2) is 38.0 Å². The van der Waals surface area contributed by atoms with E-state index in [1.165, 1.54) is 4.88 Å². The molecule has 1 amide bonds. The number of nitrogens with two attached hydrogens (primary N) is 1. The van der Waals surface area contributed by atoms with E-state index in [2.05, 4.69) is 21.7 Å². The highest BCUT2D eigenvalue weighted by atomic mass is 32.1. The summed E-state index contributed by atoms with van der Waals surface area (Å²) < 4.78 is 0. The topological polar surface area (TPSA) is 58.4 Å². The molecule has 1 aromatic rings. The first-order valence-corrected chi connectivity index (χ1v) is 6.61. The third-order valence-corrected chi connectivity index (χ3v) is 3.74. The first-order valence-electron chi connectivity index (χ1n) is 5.73. The van der Waals surface area contributed by atoms with Crippen LogP contribution >= 0.6 is 11.3 Å². The van der Waals surface area contributed by atoms with E-state index >= 15 is 0 Å². The molecule has 2 atom stereocenters. The monoisotopic (exact) mass is 255 g/mol. The van der Waals surface area contributed by atoms with E-state index in [4.69, 9.17) is 5.73 Å². The van der Waals surface area contributed by atoms with E-state index in [0.717, 1.165) is 0 Å². The standard InChI is InChI=1S/C12H21N3OS/c1-9(7-13)12(16)14-8-10(15(2)3)11-5-4-6-17-11/h4-6,9-10H,7-8,13H2,1-3H3,(H,14,16). The Kier molecular flexibility index (Phi) is 5.61. The maximum Gasteiger partial charge on any atom is 0.224 e. The molecule has 0 radical (unpaired) electrons. The summed E-state index contributed by atoms with van der Waals surface area (Å²) in [5, 5.41) is 5.00. The zero-order valence-corrected chi connectivity index (χ0v) is 11.5. The van der Waals surface area contributed by atoms with E-state index in [0.29, 0.717) is 13.1 Å². The van der Waals surface area contributed by atoms with Gasteiger partial charge >= 0.3 is 0 Å². The van der Waals surface area contributed by atoms with Crippen LogP contribution in [0.1, 0.15) is 17.8 Å². The van der Waals surface area contributed by atoms with E-state index in [-0.39, 0.29) is 17.9 Å². The van der Waals surface area contributed by atoms with Gasteiger partial charge in [0, 0.05) is 23.9 Å². The van der Waals surface area contributed by atoms with Crippen molar-refractivity contribution < 1.29 is 4.79 Å². The second-order valence-electron chi connectivity index (χ2n) is 4.38. The molecule has 2 unspecified atom stereocenters. The van der Waals surface area contributed by atoms with Crippen LogP contribution in [0.3, 0.4) is 0 Å². The minimum Gasteiger partial charge on any atom is -0.354 e.